The van der Waals surface area contributed by atoms with Crippen molar-refractivity contribution in [1.82, 2.24) is 15.5 Å². The van der Waals surface area contributed by atoms with Gasteiger partial charge in [0.05, 0.1) is 4.88 Å². The zero-order valence-electron chi connectivity index (χ0n) is 11.5. The average molecular weight is 279 g/mol. The highest BCUT2D eigenvalue weighted by Gasteiger charge is 2.18. The van der Waals surface area contributed by atoms with Gasteiger partial charge in [-0.3, -0.25) is 4.79 Å². The van der Waals surface area contributed by atoms with Crippen molar-refractivity contribution in [1.29, 1.82) is 0 Å². The van der Waals surface area contributed by atoms with Crippen molar-refractivity contribution in [3.63, 3.8) is 0 Å². The molecule has 0 aromatic carbocycles. The van der Waals surface area contributed by atoms with E-state index in [1.807, 2.05) is 19.9 Å². The van der Waals surface area contributed by atoms with Crippen LogP contribution in [0.4, 0.5) is 0 Å². The monoisotopic (exact) mass is 279 g/mol. The maximum atomic E-state index is 12.1. The SMILES string of the molecule is CCc1sc(C(=O)NC(C)c2nc(C)no2)cc1C. The second-order valence-electron chi connectivity index (χ2n) is 4.45. The molecule has 1 amide bonds. The van der Waals surface area contributed by atoms with Crippen LogP contribution in [0.15, 0.2) is 10.6 Å². The van der Waals surface area contributed by atoms with E-state index in [1.54, 1.807) is 6.92 Å². The van der Waals surface area contributed by atoms with Gasteiger partial charge < -0.3 is 9.84 Å². The standard InChI is InChI=1S/C13H17N3O2S/c1-5-10-7(2)6-11(19-10)12(17)14-8(3)13-15-9(4)16-18-13/h6,8H,5H2,1-4H3,(H,14,17). The minimum absolute atomic E-state index is 0.101. The van der Waals surface area contributed by atoms with Crippen molar-refractivity contribution in [3.8, 4) is 0 Å². The maximum absolute atomic E-state index is 12.1. The van der Waals surface area contributed by atoms with Gasteiger partial charge in [-0.1, -0.05) is 12.1 Å². The smallest absolute Gasteiger partial charge is 0.262 e. The third kappa shape index (κ3) is 3.01. The number of thiophene rings is 1. The molecule has 0 saturated carbocycles. The van der Waals surface area contributed by atoms with Crippen molar-refractivity contribution in [2.24, 2.45) is 0 Å². The van der Waals surface area contributed by atoms with Gasteiger partial charge in [0, 0.05) is 4.88 Å². The summed E-state index contributed by atoms with van der Waals surface area (Å²) in [4.78, 5) is 18.2. The van der Waals surface area contributed by atoms with Gasteiger partial charge in [-0.2, -0.15) is 4.98 Å². The van der Waals surface area contributed by atoms with E-state index in [9.17, 15) is 4.79 Å². The Balaban J connectivity index is 2.08. The van der Waals surface area contributed by atoms with E-state index in [0.29, 0.717) is 11.7 Å². The Hall–Kier alpha value is -1.69. The number of aromatic nitrogens is 2. The van der Waals surface area contributed by atoms with Crippen molar-refractivity contribution >= 4 is 17.2 Å². The second-order valence-corrected chi connectivity index (χ2v) is 5.58. The third-order valence-electron chi connectivity index (χ3n) is 2.83. The molecule has 0 aliphatic carbocycles. The van der Waals surface area contributed by atoms with Crippen LogP contribution >= 0.6 is 11.3 Å². The molecule has 0 aliphatic heterocycles. The molecule has 1 N–H and O–H groups in total. The van der Waals surface area contributed by atoms with Crippen LogP contribution < -0.4 is 5.32 Å². The number of hydrogen-bond donors (Lipinski definition) is 1. The Bertz CT molecular complexity index is 588. The molecule has 1 unspecified atom stereocenters. The zero-order valence-corrected chi connectivity index (χ0v) is 12.3. The second kappa shape index (κ2) is 5.52. The van der Waals surface area contributed by atoms with E-state index in [4.69, 9.17) is 4.52 Å². The molecule has 0 fully saturated rings. The molecule has 2 rings (SSSR count). The Morgan fingerprint density at radius 1 is 1.53 bits per heavy atom. The molecule has 1 atom stereocenters. The Labute approximate surface area is 116 Å². The van der Waals surface area contributed by atoms with Crippen LogP contribution in [-0.4, -0.2) is 16.0 Å². The minimum Gasteiger partial charge on any atom is -0.340 e. The van der Waals surface area contributed by atoms with Crippen LogP contribution in [0.3, 0.4) is 0 Å². The molecule has 0 bridgehead atoms. The summed E-state index contributed by atoms with van der Waals surface area (Å²) in [5, 5.41) is 6.58. The molecule has 0 radical (unpaired) electrons. The first kappa shape index (κ1) is 13.7. The van der Waals surface area contributed by atoms with Crippen molar-refractivity contribution in [3.05, 3.63) is 33.1 Å². The largest absolute Gasteiger partial charge is 0.340 e. The molecule has 102 valence electrons. The van der Waals surface area contributed by atoms with E-state index in [2.05, 4.69) is 22.4 Å². The summed E-state index contributed by atoms with van der Waals surface area (Å²) in [5.41, 5.74) is 1.17. The van der Waals surface area contributed by atoms with Crippen LogP contribution in [0.25, 0.3) is 0 Å². The molecule has 0 saturated heterocycles. The first-order chi connectivity index (χ1) is 9.01. The number of nitrogens with one attached hydrogen (secondary N) is 1. The number of nitrogens with zero attached hydrogens (tertiary/aromatic N) is 2. The topological polar surface area (TPSA) is 68.0 Å². The molecule has 2 heterocycles. The van der Waals surface area contributed by atoms with Crippen molar-refractivity contribution in [2.45, 2.75) is 40.2 Å². The van der Waals surface area contributed by atoms with Gasteiger partial charge in [0.1, 0.15) is 6.04 Å². The summed E-state index contributed by atoms with van der Waals surface area (Å²) < 4.78 is 5.04. The van der Waals surface area contributed by atoms with E-state index in [0.717, 1.165) is 11.3 Å². The highest BCUT2D eigenvalue weighted by molar-refractivity contribution is 7.14. The van der Waals surface area contributed by atoms with Crippen LogP contribution in [0.1, 0.15) is 51.7 Å². The number of carbonyl (C=O) groups is 1. The number of hydrogen-bond acceptors (Lipinski definition) is 5. The highest BCUT2D eigenvalue weighted by Crippen LogP contribution is 2.23. The Morgan fingerprint density at radius 3 is 2.79 bits per heavy atom. The summed E-state index contributed by atoms with van der Waals surface area (Å²) >= 11 is 1.53. The number of carbonyl (C=O) groups excluding carboxylic acids is 1. The van der Waals surface area contributed by atoms with Crippen LogP contribution in [0.5, 0.6) is 0 Å². The molecular weight excluding hydrogens is 262 g/mol. The summed E-state index contributed by atoms with van der Waals surface area (Å²) in [7, 11) is 0. The molecule has 6 heteroatoms. The van der Waals surface area contributed by atoms with Gasteiger partial charge in [-0.25, -0.2) is 0 Å². The lowest BCUT2D eigenvalue weighted by molar-refractivity contribution is 0.0936. The molecule has 2 aromatic heterocycles. The quantitative estimate of drug-likeness (QED) is 0.934. The molecule has 19 heavy (non-hydrogen) atoms. The van der Waals surface area contributed by atoms with Gasteiger partial charge in [0.15, 0.2) is 5.82 Å². The molecule has 5 nitrogen and oxygen atoms in total. The first-order valence-corrected chi connectivity index (χ1v) is 7.03. The van der Waals surface area contributed by atoms with Gasteiger partial charge in [-0.15, -0.1) is 11.3 Å². The number of aryl methyl sites for hydroxylation is 3. The highest BCUT2D eigenvalue weighted by atomic mass is 32.1. The van der Waals surface area contributed by atoms with E-state index >= 15 is 0 Å². The fourth-order valence-electron chi connectivity index (χ4n) is 1.80. The molecular formula is C13H17N3O2S. The lowest BCUT2D eigenvalue weighted by atomic mass is 10.2. The van der Waals surface area contributed by atoms with E-state index in [-0.39, 0.29) is 11.9 Å². The zero-order chi connectivity index (χ0) is 14.0. The van der Waals surface area contributed by atoms with Crippen molar-refractivity contribution in [2.75, 3.05) is 0 Å². The van der Waals surface area contributed by atoms with Crippen molar-refractivity contribution < 1.29 is 9.32 Å². The summed E-state index contributed by atoms with van der Waals surface area (Å²) in [6.07, 6.45) is 0.947. The Kier molecular flexibility index (Phi) is 3.99. The molecule has 2 aromatic rings. The average Bonchev–Trinajstić information content (AvgIpc) is 2.95. The van der Waals surface area contributed by atoms with Crippen LogP contribution in [-0.2, 0) is 6.42 Å². The Morgan fingerprint density at radius 2 is 2.26 bits per heavy atom. The van der Waals surface area contributed by atoms with Gasteiger partial charge >= 0.3 is 0 Å². The van der Waals surface area contributed by atoms with E-state index in [1.165, 1.54) is 21.8 Å². The lowest BCUT2D eigenvalue weighted by Gasteiger charge is -2.07. The summed E-state index contributed by atoms with van der Waals surface area (Å²) in [6, 6.07) is 1.63. The lowest BCUT2D eigenvalue weighted by Crippen LogP contribution is -2.26. The van der Waals surface area contributed by atoms with Gasteiger partial charge in [-0.05, 0) is 38.8 Å². The van der Waals surface area contributed by atoms with Crippen LogP contribution in [0.2, 0.25) is 0 Å². The third-order valence-corrected chi connectivity index (χ3v) is 4.21. The minimum atomic E-state index is -0.291. The van der Waals surface area contributed by atoms with Gasteiger partial charge in [0.25, 0.3) is 5.91 Å². The summed E-state index contributed by atoms with van der Waals surface area (Å²) in [5.74, 6) is 0.891. The predicted octanol–water partition coefficient (Wildman–Crippen LogP) is 2.80. The summed E-state index contributed by atoms with van der Waals surface area (Å²) in [6.45, 7) is 7.69. The normalized spacial score (nSPS) is 12.4. The van der Waals surface area contributed by atoms with Gasteiger partial charge in [0.2, 0.25) is 5.89 Å². The number of rotatable bonds is 4. The molecule has 0 aliphatic rings. The molecule has 0 spiro atoms. The fraction of sp³-hybridized carbons (Fsp3) is 0.462. The first-order valence-electron chi connectivity index (χ1n) is 6.21. The van der Waals surface area contributed by atoms with Crippen LogP contribution in [0, 0.1) is 13.8 Å². The maximum Gasteiger partial charge on any atom is 0.262 e. The fourth-order valence-corrected chi connectivity index (χ4v) is 2.82. The number of amides is 1. The predicted molar refractivity (Wildman–Crippen MR) is 73.4 cm³/mol. The van der Waals surface area contributed by atoms with E-state index < -0.39 is 0 Å².